The summed E-state index contributed by atoms with van der Waals surface area (Å²) in [7, 11) is 0. The molecule has 0 spiro atoms. The summed E-state index contributed by atoms with van der Waals surface area (Å²) < 4.78 is 5.30. The molecule has 0 aromatic heterocycles. The van der Waals surface area contributed by atoms with Crippen molar-refractivity contribution in [3.05, 3.63) is 72.3 Å². The molecule has 0 fully saturated rings. The van der Waals surface area contributed by atoms with Crippen LogP contribution < -0.4 is 16.4 Å². The van der Waals surface area contributed by atoms with Crippen LogP contribution in [0.25, 0.3) is 10.8 Å². The minimum absolute atomic E-state index is 0.104. The predicted molar refractivity (Wildman–Crippen MR) is 157 cm³/mol. The summed E-state index contributed by atoms with van der Waals surface area (Å²) in [5.74, 6) is -2.23. The lowest BCUT2D eigenvalue weighted by atomic mass is 9.94. The van der Waals surface area contributed by atoms with Crippen LogP contribution in [0, 0.1) is 0 Å². The van der Waals surface area contributed by atoms with E-state index in [9.17, 15) is 24.3 Å². The smallest absolute Gasteiger partial charge is 0.408 e. The van der Waals surface area contributed by atoms with Crippen molar-refractivity contribution < 1.29 is 29.0 Å². The van der Waals surface area contributed by atoms with Crippen LogP contribution in [0.1, 0.15) is 59.6 Å². The SMILES string of the molecule is CC(C)(C)OC(=O)NC(CC(N)=O)C(=O)N(C(C(=O)Nc1ccc2ccccc2c1)c1cccc(O)c1)C(C)(C)C. The summed E-state index contributed by atoms with van der Waals surface area (Å²) in [6.07, 6.45) is -1.44. The van der Waals surface area contributed by atoms with Crippen LogP contribution in [0.2, 0.25) is 0 Å². The number of benzene rings is 3. The molecule has 0 aliphatic rings. The maximum absolute atomic E-state index is 14.2. The fraction of sp³-hybridized carbons (Fsp3) is 0.355. The third-order valence-electron chi connectivity index (χ3n) is 6.06. The summed E-state index contributed by atoms with van der Waals surface area (Å²) in [4.78, 5) is 54.1. The number of alkyl carbamates (subject to hydrolysis) is 1. The number of carbonyl (C=O) groups excluding carboxylic acids is 4. The van der Waals surface area contributed by atoms with Gasteiger partial charge in [-0.3, -0.25) is 14.4 Å². The number of nitrogens with one attached hydrogen (secondary N) is 2. The lowest BCUT2D eigenvalue weighted by Gasteiger charge is -2.43. The first-order valence-electron chi connectivity index (χ1n) is 13.2. The standard InChI is InChI=1S/C31H38N4O6/c1-30(2,3)35(28(39)24(18-25(32)37)34-29(40)41-31(4,5)6)26(21-12-9-13-23(36)17-21)27(38)33-22-15-14-19-10-7-8-11-20(19)16-22/h7-17,24,26,36H,18H2,1-6H3,(H2,32,37)(H,33,38)(H,34,40). The Balaban J connectivity index is 2.07. The van der Waals surface area contributed by atoms with Crippen LogP contribution in [0.3, 0.4) is 0 Å². The molecule has 0 aliphatic carbocycles. The molecule has 10 nitrogen and oxygen atoms in total. The largest absolute Gasteiger partial charge is 0.508 e. The Bertz CT molecular complexity index is 1440. The Morgan fingerprint density at radius 3 is 2.15 bits per heavy atom. The summed E-state index contributed by atoms with van der Waals surface area (Å²) in [5.41, 5.74) is 4.40. The van der Waals surface area contributed by atoms with Crippen LogP contribution in [0.15, 0.2) is 66.7 Å². The van der Waals surface area contributed by atoms with Gasteiger partial charge in [0.15, 0.2) is 0 Å². The van der Waals surface area contributed by atoms with Crippen LogP contribution >= 0.6 is 0 Å². The van der Waals surface area contributed by atoms with Crippen molar-refractivity contribution in [1.82, 2.24) is 10.2 Å². The molecule has 0 bridgehead atoms. The molecule has 5 N–H and O–H groups in total. The highest BCUT2D eigenvalue weighted by atomic mass is 16.6. The molecule has 0 saturated heterocycles. The van der Waals surface area contributed by atoms with Crippen molar-refractivity contribution in [3.63, 3.8) is 0 Å². The molecule has 2 atom stereocenters. The third kappa shape index (κ3) is 8.44. The van der Waals surface area contributed by atoms with Crippen LogP contribution in [0.4, 0.5) is 10.5 Å². The lowest BCUT2D eigenvalue weighted by Crippen LogP contribution is -2.58. The number of nitrogens with zero attached hydrogens (tertiary/aromatic N) is 1. The van der Waals surface area contributed by atoms with Crippen molar-refractivity contribution in [2.75, 3.05) is 5.32 Å². The molecule has 3 aromatic rings. The summed E-state index contributed by atoms with van der Waals surface area (Å²) in [6.45, 7) is 10.1. The Kier molecular flexibility index (Phi) is 9.27. The predicted octanol–water partition coefficient (Wildman–Crippen LogP) is 4.62. The van der Waals surface area contributed by atoms with Gasteiger partial charge in [-0.25, -0.2) is 4.79 Å². The van der Waals surface area contributed by atoms with Gasteiger partial charge >= 0.3 is 6.09 Å². The molecule has 3 rings (SSSR count). The molecule has 218 valence electrons. The third-order valence-corrected chi connectivity index (χ3v) is 6.06. The molecule has 3 aromatic carbocycles. The fourth-order valence-corrected chi connectivity index (χ4v) is 4.45. The van der Waals surface area contributed by atoms with Crippen LogP contribution in [-0.2, 0) is 19.1 Å². The molecule has 10 heteroatoms. The van der Waals surface area contributed by atoms with Crippen molar-refractivity contribution in [3.8, 4) is 5.75 Å². The van der Waals surface area contributed by atoms with E-state index in [1.807, 2.05) is 36.4 Å². The number of anilines is 1. The molecule has 0 saturated carbocycles. The van der Waals surface area contributed by atoms with Gasteiger partial charge in [-0.2, -0.15) is 0 Å². The van der Waals surface area contributed by atoms with E-state index < -0.39 is 53.5 Å². The monoisotopic (exact) mass is 562 g/mol. The van der Waals surface area contributed by atoms with Crippen molar-refractivity contribution in [1.29, 1.82) is 0 Å². The first-order valence-corrected chi connectivity index (χ1v) is 13.2. The molecular formula is C31H38N4O6. The lowest BCUT2D eigenvalue weighted by molar-refractivity contribution is -0.147. The highest BCUT2D eigenvalue weighted by molar-refractivity contribution is 6.01. The van der Waals surface area contributed by atoms with Gasteiger partial charge in [-0.1, -0.05) is 42.5 Å². The van der Waals surface area contributed by atoms with E-state index in [2.05, 4.69) is 10.6 Å². The number of amides is 4. The number of hydrogen-bond donors (Lipinski definition) is 4. The number of rotatable bonds is 8. The quantitative estimate of drug-likeness (QED) is 0.314. The minimum atomic E-state index is -1.42. The molecule has 4 amide bonds. The summed E-state index contributed by atoms with van der Waals surface area (Å²) in [5, 5.41) is 17.5. The molecular weight excluding hydrogens is 524 g/mol. The molecule has 41 heavy (non-hydrogen) atoms. The normalized spacial score (nSPS) is 13.1. The van der Waals surface area contributed by atoms with Crippen molar-refractivity contribution in [2.24, 2.45) is 5.73 Å². The van der Waals surface area contributed by atoms with Gasteiger partial charge in [0.1, 0.15) is 23.4 Å². The first kappa shape index (κ1) is 30.9. The number of phenols is 1. The van der Waals surface area contributed by atoms with E-state index in [0.29, 0.717) is 11.3 Å². The van der Waals surface area contributed by atoms with Gasteiger partial charge in [0.05, 0.1) is 6.42 Å². The summed E-state index contributed by atoms with van der Waals surface area (Å²) >= 11 is 0. The van der Waals surface area contributed by atoms with Gasteiger partial charge in [0.25, 0.3) is 5.91 Å². The summed E-state index contributed by atoms with van der Waals surface area (Å²) in [6, 6.07) is 16.4. The van der Waals surface area contributed by atoms with Crippen molar-refractivity contribution in [2.45, 2.75) is 71.2 Å². The first-order chi connectivity index (χ1) is 19.0. The zero-order chi connectivity index (χ0) is 30.5. The second kappa shape index (κ2) is 12.3. The zero-order valence-corrected chi connectivity index (χ0v) is 24.2. The van der Waals surface area contributed by atoms with Gasteiger partial charge in [-0.15, -0.1) is 0 Å². The van der Waals surface area contributed by atoms with Gasteiger partial charge in [-0.05, 0) is 82.1 Å². The van der Waals surface area contributed by atoms with Crippen LogP contribution in [-0.4, -0.2) is 51.0 Å². The van der Waals surface area contributed by atoms with Gasteiger partial charge in [0.2, 0.25) is 11.8 Å². The maximum atomic E-state index is 14.2. The number of hydrogen-bond acceptors (Lipinski definition) is 6. The van der Waals surface area contributed by atoms with E-state index in [1.165, 1.54) is 17.0 Å². The van der Waals surface area contributed by atoms with Gasteiger partial charge < -0.3 is 31.1 Å². The molecule has 0 heterocycles. The Morgan fingerprint density at radius 2 is 1.56 bits per heavy atom. The second-order valence-electron chi connectivity index (χ2n) is 11.8. The highest BCUT2D eigenvalue weighted by Gasteiger charge is 2.42. The number of ether oxygens (including phenoxy) is 1. The van der Waals surface area contributed by atoms with E-state index in [1.54, 1.807) is 59.7 Å². The Labute approximate surface area is 239 Å². The zero-order valence-electron chi connectivity index (χ0n) is 24.2. The van der Waals surface area contributed by atoms with E-state index in [0.717, 1.165) is 10.8 Å². The molecule has 2 unspecified atom stereocenters. The molecule has 0 radical (unpaired) electrons. The highest BCUT2D eigenvalue weighted by Crippen LogP contribution is 2.33. The average Bonchev–Trinajstić information content (AvgIpc) is 2.84. The van der Waals surface area contributed by atoms with Gasteiger partial charge in [0, 0.05) is 11.2 Å². The average molecular weight is 563 g/mol. The van der Waals surface area contributed by atoms with Crippen molar-refractivity contribution >= 4 is 40.3 Å². The van der Waals surface area contributed by atoms with E-state index in [-0.39, 0.29) is 5.75 Å². The topological polar surface area (TPSA) is 151 Å². The van der Waals surface area contributed by atoms with Crippen LogP contribution in [0.5, 0.6) is 5.75 Å². The van der Waals surface area contributed by atoms with E-state index >= 15 is 0 Å². The fourth-order valence-electron chi connectivity index (χ4n) is 4.45. The number of primary amides is 1. The Hall–Kier alpha value is -4.60. The maximum Gasteiger partial charge on any atom is 0.408 e. The van der Waals surface area contributed by atoms with E-state index in [4.69, 9.17) is 10.5 Å². The molecule has 0 aliphatic heterocycles. The number of phenolic OH excluding ortho intramolecular Hbond substituents is 1. The number of nitrogens with two attached hydrogens (primary N) is 1. The number of aromatic hydroxyl groups is 1. The number of fused-ring (bicyclic) bond motifs is 1. The minimum Gasteiger partial charge on any atom is -0.508 e. The second-order valence-corrected chi connectivity index (χ2v) is 11.8. The Morgan fingerprint density at radius 1 is 0.902 bits per heavy atom. The number of carbonyl (C=O) groups is 4.